The van der Waals surface area contributed by atoms with Gasteiger partial charge < -0.3 is 14.5 Å². The second-order valence-corrected chi connectivity index (χ2v) is 5.85. The van der Waals surface area contributed by atoms with Gasteiger partial charge in [-0.2, -0.15) is 0 Å². The van der Waals surface area contributed by atoms with Crippen LogP contribution in [-0.2, 0) is 7.05 Å². The van der Waals surface area contributed by atoms with E-state index in [1.165, 1.54) is 18.0 Å². The average molecular weight is 299 g/mol. The van der Waals surface area contributed by atoms with Crippen molar-refractivity contribution in [2.75, 3.05) is 6.54 Å². The summed E-state index contributed by atoms with van der Waals surface area (Å²) in [5, 5.41) is 0. The fourth-order valence-electron chi connectivity index (χ4n) is 3.19. The predicted molar refractivity (Wildman–Crippen MR) is 84.7 cm³/mol. The molecule has 1 aliphatic heterocycles. The molecule has 3 rings (SSSR count). The minimum absolute atomic E-state index is 0.00986. The maximum Gasteiger partial charge on any atom is 0.255 e. The van der Waals surface area contributed by atoms with E-state index in [-0.39, 0.29) is 17.5 Å². The lowest BCUT2D eigenvalue weighted by Gasteiger charge is -2.30. The van der Waals surface area contributed by atoms with Crippen LogP contribution in [0.25, 0.3) is 0 Å². The van der Waals surface area contributed by atoms with Crippen LogP contribution in [0, 0.1) is 0 Å². The number of aromatic nitrogens is 2. The predicted octanol–water partition coefficient (Wildman–Crippen LogP) is 2.47. The first-order valence-corrected chi connectivity index (χ1v) is 7.78. The Kier molecular flexibility index (Phi) is 4.13. The van der Waals surface area contributed by atoms with Crippen molar-refractivity contribution in [2.45, 2.75) is 31.7 Å². The highest BCUT2D eigenvalue weighted by Gasteiger charge is 2.28. The van der Waals surface area contributed by atoms with Crippen molar-refractivity contribution in [1.82, 2.24) is 14.5 Å². The van der Waals surface area contributed by atoms with E-state index in [1.807, 2.05) is 24.2 Å². The van der Waals surface area contributed by atoms with Crippen LogP contribution < -0.4 is 5.56 Å². The average Bonchev–Trinajstić information content (AvgIpc) is 2.80. The largest absolute Gasteiger partial charge is 0.353 e. The number of hydrogen-bond donors (Lipinski definition) is 1. The van der Waals surface area contributed by atoms with Gasteiger partial charge in [-0.05, 0) is 31.0 Å². The van der Waals surface area contributed by atoms with E-state index in [0.29, 0.717) is 5.56 Å². The third kappa shape index (κ3) is 2.84. The van der Waals surface area contributed by atoms with Crippen LogP contribution in [0.5, 0.6) is 0 Å². The zero-order valence-electron chi connectivity index (χ0n) is 12.8. The number of nitrogens with zero attached hydrogens (tertiary/aromatic N) is 2. The van der Waals surface area contributed by atoms with Crippen LogP contribution in [0.3, 0.4) is 0 Å². The Bertz CT molecular complexity index is 696. The summed E-state index contributed by atoms with van der Waals surface area (Å²) in [5.74, 6) is -0.00986. The standard InChI is InChI=1S/C17H21N3O2/c1-19-10-5-7-14(19)15-6-3-2-4-11-20(15)17(22)13-8-9-16(21)18-12-13/h5,7-10,12,15H,2-4,6,11H2,1H3,(H,18,21). The topological polar surface area (TPSA) is 58.1 Å². The number of aromatic amines is 1. The van der Waals surface area contributed by atoms with E-state index >= 15 is 0 Å². The fourth-order valence-corrected chi connectivity index (χ4v) is 3.19. The summed E-state index contributed by atoms with van der Waals surface area (Å²) < 4.78 is 2.09. The molecule has 1 N–H and O–H groups in total. The quantitative estimate of drug-likeness (QED) is 0.926. The highest BCUT2D eigenvalue weighted by molar-refractivity contribution is 5.94. The van der Waals surface area contributed by atoms with Gasteiger partial charge in [0.2, 0.25) is 5.56 Å². The second-order valence-electron chi connectivity index (χ2n) is 5.85. The first kappa shape index (κ1) is 14.6. The maximum absolute atomic E-state index is 12.9. The molecule has 0 radical (unpaired) electrons. The molecule has 5 nitrogen and oxygen atoms in total. The van der Waals surface area contributed by atoms with Crippen molar-refractivity contribution >= 4 is 5.91 Å². The smallest absolute Gasteiger partial charge is 0.255 e. The Hall–Kier alpha value is -2.30. The van der Waals surface area contributed by atoms with E-state index in [0.717, 1.165) is 32.2 Å². The molecule has 22 heavy (non-hydrogen) atoms. The number of hydrogen-bond acceptors (Lipinski definition) is 2. The molecule has 0 aromatic carbocycles. The molecule has 2 aromatic heterocycles. The first-order chi connectivity index (χ1) is 10.7. The van der Waals surface area contributed by atoms with Gasteiger partial charge >= 0.3 is 0 Å². The van der Waals surface area contributed by atoms with E-state index in [1.54, 1.807) is 6.07 Å². The minimum atomic E-state index is -0.189. The van der Waals surface area contributed by atoms with Crippen LogP contribution in [-0.4, -0.2) is 26.9 Å². The number of carbonyl (C=O) groups excluding carboxylic acids is 1. The lowest BCUT2D eigenvalue weighted by atomic mass is 10.1. The van der Waals surface area contributed by atoms with Gasteiger partial charge in [0, 0.05) is 37.7 Å². The highest BCUT2D eigenvalue weighted by Crippen LogP contribution is 2.31. The van der Waals surface area contributed by atoms with Crippen LogP contribution >= 0.6 is 0 Å². The van der Waals surface area contributed by atoms with Crippen LogP contribution in [0.4, 0.5) is 0 Å². The highest BCUT2D eigenvalue weighted by atomic mass is 16.2. The Labute approximate surface area is 129 Å². The van der Waals surface area contributed by atoms with Gasteiger partial charge in [-0.1, -0.05) is 12.8 Å². The van der Waals surface area contributed by atoms with Crippen molar-refractivity contribution in [3.05, 3.63) is 58.3 Å². The van der Waals surface area contributed by atoms with Gasteiger partial charge in [-0.3, -0.25) is 9.59 Å². The molecule has 1 aliphatic rings. The molecule has 0 aliphatic carbocycles. The first-order valence-electron chi connectivity index (χ1n) is 7.78. The van der Waals surface area contributed by atoms with Crippen LogP contribution in [0.15, 0.2) is 41.5 Å². The van der Waals surface area contributed by atoms with Crippen molar-refractivity contribution in [1.29, 1.82) is 0 Å². The summed E-state index contributed by atoms with van der Waals surface area (Å²) in [4.78, 5) is 28.6. The zero-order chi connectivity index (χ0) is 15.5. The Balaban J connectivity index is 1.93. The number of rotatable bonds is 2. The van der Waals surface area contributed by atoms with Crippen molar-refractivity contribution < 1.29 is 4.79 Å². The SMILES string of the molecule is Cn1cccc1C1CCCCCN1C(=O)c1ccc(=O)[nH]c1. The van der Waals surface area contributed by atoms with Crippen molar-refractivity contribution in [3.63, 3.8) is 0 Å². The lowest BCUT2D eigenvalue weighted by Crippen LogP contribution is -2.35. The maximum atomic E-state index is 12.9. The third-order valence-corrected chi connectivity index (χ3v) is 4.37. The normalized spacial score (nSPS) is 19.0. The monoisotopic (exact) mass is 299 g/mol. The Morgan fingerprint density at radius 2 is 2.09 bits per heavy atom. The van der Waals surface area contributed by atoms with Crippen molar-refractivity contribution in [3.8, 4) is 0 Å². The summed E-state index contributed by atoms with van der Waals surface area (Å²) in [6.07, 6.45) is 7.81. The molecule has 5 heteroatoms. The van der Waals surface area contributed by atoms with Gasteiger partial charge in [-0.25, -0.2) is 0 Å². The van der Waals surface area contributed by atoms with E-state index < -0.39 is 0 Å². The molecule has 1 amide bonds. The molecule has 1 atom stereocenters. The van der Waals surface area contributed by atoms with E-state index in [4.69, 9.17) is 0 Å². The molecule has 0 saturated carbocycles. The molecule has 3 heterocycles. The van der Waals surface area contributed by atoms with Gasteiger partial charge in [-0.15, -0.1) is 0 Å². The fraction of sp³-hybridized carbons (Fsp3) is 0.412. The van der Waals surface area contributed by atoms with E-state index in [2.05, 4.69) is 15.6 Å². The van der Waals surface area contributed by atoms with E-state index in [9.17, 15) is 9.59 Å². The molecule has 0 spiro atoms. The Morgan fingerprint density at radius 1 is 1.23 bits per heavy atom. The summed E-state index contributed by atoms with van der Waals surface area (Å²) in [5.41, 5.74) is 1.52. The zero-order valence-corrected chi connectivity index (χ0v) is 12.8. The molecular formula is C17H21N3O2. The molecule has 116 valence electrons. The third-order valence-electron chi connectivity index (χ3n) is 4.37. The summed E-state index contributed by atoms with van der Waals surface area (Å²) in [6, 6.07) is 7.21. The van der Waals surface area contributed by atoms with Gasteiger partial charge in [0.25, 0.3) is 5.91 Å². The number of nitrogens with one attached hydrogen (secondary N) is 1. The molecular weight excluding hydrogens is 278 g/mol. The van der Waals surface area contributed by atoms with Gasteiger partial charge in [0.05, 0.1) is 11.6 Å². The molecule has 1 saturated heterocycles. The van der Waals surface area contributed by atoms with Crippen LogP contribution in [0.2, 0.25) is 0 Å². The molecule has 2 aromatic rings. The summed E-state index contributed by atoms with van der Waals surface area (Å²) in [6.45, 7) is 0.758. The number of carbonyl (C=O) groups is 1. The Morgan fingerprint density at radius 3 is 2.77 bits per heavy atom. The number of amides is 1. The van der Waals surface area contributed by atoms with Crippen LogP contribution in [0.1, 0.15) is 47.8 Å². The molecule has 0 bridgehead atoms. The molecule has 1 unspecified atom stereocenters. The number of H-pyrrole nitrogens is 1. The molecule has 1 fully saturated rings. The summed E-state index contributed by atoms with van der Waals surface area (Å²) >= 11 is 0. The second kappa shape index (κ2) is 6.22. The number of aryl methyl sites for hydroxylation is 1. The van der Waals surface area contributed by atoms with Crippen molar-refractivity contribution in [2.24, 2.45) is 7.05 Å². The van der Waals surface area contributed by atoms with Gasteiger partial charge in [0.1, 0.15) is 0 Å². The lowest BCUT2D eigenvalue weighted by molar-refractivity contribution is 0.0674. The minimum Gasteiger partial charge on any atom is -0.353 e. The summed E-state index contributed by atoms with van der Waals surface area (Å²) in [7, 11) is 2.02. The number of pyridine rings is 1. The van der Waals surface area contributed by atoms with Gasteiger partial charge in [0.15, 0.2) is 0 Å². The number of likely N-dealkylation sites (tertiary alicyclic amines) is 1.